The molecule has 0 heterocycles. The quantitative estimate of drug-likeness (QED) is 0.329. The van der Waals surface area contributed by atoms with Crippen LogP contribution in [0.3, 0.4) is 0 Å². The molecule has 0 radical (unpaired) electrons. The molecule has 0 saturated carbocycles. The molecule has 9 heteroatoms. The van der Waals surface area contributed by atoms with E-state index in [0.717, 1.165) is 18.2 Å². The minimum atomic E-state index is -4.58. The Labute approximate surface area is 199 Å². The highest BCUT2D eigenvalue weighted by Gasteiger charge is 2.32. The fourth-order valence-electron chi connectivity index (χ4n) is 3.44. The number of rotatable bonds is 9. The SMILES string of the molecule is COc1ccc(C(=O)[C@H](C(=O)CC(=O)Nc2cccc(C(F)(F)F)c2)c2ccc(OC)cc2)cc1. The smallest absolute Gasteiger partial charge is 0.416 e. The second kappa shape index (κ2) is 10.9. The third kappa shape index (κ3) is 6.47. The van der Waals surface area contributed by atoms with Crippen LogP contribution in [-0.4, -0.2) is 31.7 Å². The number of hydrogen-bond donors (Lipinski definition) is 1. The van der Waals surface area contributed by atoms with Gasteiger partial charge in [0.05, 0.1) is 26.2 Å². The molecule has 1 N–H and O–H groups in total. The summed E-state index contributed by atoms with van der Waals surface area (Å²) in [5.74, 6) is -2.35. The maximum Gasteiger partial charge on any atom is 0.416 e. The molecule has 3 aromatic rings. The molecule has 3 rings (SSSR count). The summed E-state index contributed by atoms with van der Waals surface area (Å²) in [6, 6.07) is 16.5. The Hall–Kier alpha value is -4.14. The zero-order chi connectivity index (χ0) is 25.6. The van der Waals surface area contributed by atoms with E-state index in [2.05, 4.69) is 5.32 Å². The van der Waals surface area contributed by atoms with Crippen molar-refractivity contribution in [2.24, 2.45) is 0 Å². The number of carbonyl (C=O) groups is 3. The van der Waals surface area contributed by atoms with Gasteiger partial charge in [-0.1, -0.05) is 18.2 Å². The number of ether oxygens (including phenoxy) is 2. The van der Waals surface area contributed by atoms with Gasteiger partial charge in [0.2, 0.25) is 5.91 Å². The fourth-order valence-corrected chi connectivity index (χ4v) is 3.44. The Balaban J connectivity index is 1.84. The highest BCUT2D eigenvalue weighted by Crippen LogP contribution is 2.31. The van der Waals surface area contributed by atoms with Crippen molar-refractivity contribution < 1.29 is 37.0 Å². The molecule has 0 bridgehead atoms. The minimum absolute atomic E-state index is 0.111. The van der Waals surface area contributed by atoms with Crippen molar-refractivity contribution in [3.63, 3.8) is 0 Å². The van der Waals surface area contributed by atoms with Gasteiger partial charge in [0.15, 0.2) is 11.6 Å². The number of halogens is 3. The lowest BCUT2D eigenvalue weighted by molar-refractivity contribution is -0.137. The predicted molar refractivity (Wildman–Crippen MR) is 123 cm³/mol. The number of benzene rings is 3. The fraction of sp³-hybridized carbons (Fsp3) is 0.192. The van der Waals surface area contributed by atoms with Crippen LogP contribution in [-0.2, 0) is 15.8 Å². The average Bonchev–Trinajstić information content (AvgIpc) is 2.84. The maximum absolute atomic E-state index is 13.3. The molecule has 0 unspecified atom stereocenters. The van der Waals surface area contributed by atoms with Gasteiger partial charge < -0.3 is 14.8 Å². The van der Waals surface area contributed by atoms with Crippen LogP contribution in [0.25, 0.3) is 0 Å². The first-order valence-electron chi connectivity index (χ1n) is 10.4. The standard InChI is InChI=1S/C26H22F3NO5/c1-34-20-10-6-16(7-11-20)24(25(33)17-8-12-21(35-2)13-9-17)22(31)15-23(32)30-19-5-3-4-18(14-19)26(27,28)29/h3-14,24H,15H2,1-2H3,(H,30,32)/t24-/m0/s1. The summed E-state index contributed by atoms with van der Waals surface area (Å²) in [5, 5.41) is 2.30. The lowest BCUT2D eigenvalue weighted by atomic mass is 9.86. The van der Waals surface area contributed by atoms with E-state index in [0.29, 0.717) is 17.1 Å². The second-order valence-electron chi connectivity index (χ2n) is 7.57. The van der Waals surface area contributed by atoms with Crippen LogP contribution in [0.5, 0.6) is 11.5 Å². The molecule has 0 spiro atoms. The zero-order valence-electron chi connectivity index (χ0n) is 18.9. The summed E-state index contributed by atoms with van der Waals surface area (Å²) in [7, 11) is 2.95. The van der Waals surface area contributed by atoms with Gasteiger partial charge >= 0.3 is 6.18 Å². The molecule has 0 aromatic heterocycles. The van der Waals surface area contributed by atoms with E-state index in [-0.39, 0.29) is 11.3 Å². The summed E-state index contributed by atoms with van der Waals surface area (Å²) in [6.07, 6.45) is -5.30. The Kier molecular flexibility index (Phi) is 7.91. The molecular formula is C26H22F3NO5. The number of Topliss-reactive ketones (excluding diaryl/α,β-unsaturated/α-hetero) is 2. The van der Waals surface area contributed by atoms with Crippen LogP contribution >= 0.6 is 0 Å². The number of methoxy groups -OCH3 is 2. The maximum atomic E-state index is 13.3. The number of amides is 1. The molecule has 0 saturated heterocycles. The Bertz CT molecular complexity index is 1200. The van der Waals surface area contributed by atoms with E-state index < -0.39 is 41.6 Å². The van der Waals surface area contributed by atoms with Gasteiger partial charge in [-0.15, -0.1) is 0 Å². The summed E-state index contributed by atoms with van der Waals surface area (Å²) < 4.78 is 49.0. The molecule has 1 amide bonds. The van der Waals surface area contributed by atoms with Gasteiger partial charge in [0.1, 0.15) is 17.4 Å². The minimum Gasteiger partial charge on any atom is -0.497 e. The van der Waals surface area contributed by atoms with Crippen molar-refractivity contribution in [3.8, 4) is 11.5 Å². The summed E-state index contributed by atoms with van der Waals surface area (Å²) in [6.45, 7) is 0. The van der Waals surface area contributed by atoms with E-state index in [1.54, 1.807) is 36.4 Å². The first-order chi connectivity index (χ1) is 16.6. The largest absolute Gasteiger partial charge is 0.497 e. The number of nitrogens with one attached hydrogen (secondary N) is 1. The van der Waals surface area contributed by atoms with Crippen LogP contribution in [0, 0.1) is 0 Å². The van der Waals surface area contributed by atoms with Crippen molar-refractivity contribution in [2.45, 2.75) is 18.5 Å². The van der Waals surface area contributed by atoms with Crippen molar-refractivity contribution in [3.05, 3.63) is 89.5 Å². The van der Waals surface area contributed by atoms with Crippen LogP contribution in [0.1, 0.15) is 33.8 Å². The Morgan fingerprint density at radius 3 is 1.97 bits per heavy atom. The summed E-state index contributed by atoms with van der Waals surface area (Å²) in [4.78, 5) is 38.9. The van der Waals surface area contributed by atoms with E-state index in [4.69, 9.17) is 9.47 Å². The molecule has 0 fully saturated rings. The van der Waals surface area contributed by atoms with Gasteiger partial charge in [0.25, 0.3) is 0 Å². The van der Waals surface area contributed by atoms with Crippen LogP contribution in [0.4, 0.5) is 18.9 Å². The van der Waals surface area contributed by atoms with E-state index in [9.17, 15) is 27.6 Å². The molecular weight excluding hydrogens is 463 g/mol. The molecule has 0 aliphatic heterocycles. The topological polar surface area (TPSA) is 81.7 Å². The Morgan fingerprint density at radius 1 is 0.857 bits per heavy atom. The number of carbonyl (C=O) groups excluding carboxylic acids is 3. The molecule has 182 valence electrons. The monoisotopic (exact) mass is 485 g/mol. The predicted octanol–water partition coefficient (Wildman–Crippen LogP) is 5.29. The van der Waals surface area contributed by atoms with Gasteiger partial charge in [-0.2, -0.15) is 13.2 Å². The molecule has 35 heavy (non-hydrogen) atoms. The first kappa shape index (κ1) is 25.5. The highest BCUT2D eigenvalue weighted by atomic mass is 19.4. The normalized spacial score (nSPS) is 11.9. The van der Waals surface area contributed by atoms with Crippen molar-refractivity contribution in [2.75, 3.05) is 19.5 Å². The number of ketones is 2. The molecule has 1 atom stereocenters. The number of anilines is 1. The molecule has 0 aliphatic rings. The average molecular weight is 485 g/mol. The molecule has 0 aliphatic carbocycles. The third-order valence-electron chi connectivity index (χ3n) is 5.22. The van der Waals surface area contributed by atoms with Gasteiger partial charge in [0, 0.05) is 11.3 Å². The molecule has 3 aromatic carbocycles. The van der Waals surface area contributed by atoms with Gasteiger partial charge in [-0.05, 0) is 60.2 Å². The van der Waals surface area contributed by atoms with Crippen molar-refractivity contribution in [1.29, 1.82) is 0 Å². The van der Waals surface area contributed by atoms with E-state index >= 15 is 0 Å². The lowest BCUT2D eigenvalue weighted by Crippen LogP contribution is -2.26. The number of hydrogen-bond acceptors (Lipinski definition) is 5. The summed E-state index contributed by atoms with van der Waals surface area (Å²) >= 11 is 0. The van der Waals surface area contributed by atoms with Crippen LogP contribution < -0.4 is 14.8 Å². The molecule has 6 nitrogen and oxygen atoms in total. The van der Waals surface area contributed by atoms with Crippen LogP contribution in [0.2, 0.25) is 0 Å². The van der Waals surface area contributed by atoms with Crippen LogP contribution in [0.15, 0.2) is 72.8 Å². The van der Waals surface area contributed by atoms with Gasteiger partial charge in [-0.3, -0.25) is 14.4 Å². The van der Waals surface area contributed by atoms with E-state index in [1.165, 1.54) is 32.4 Å². The lowest BCUT2D eigenvalue weighted by Gasteiger charge is -2.16. The van der Waals surface area contributed by atoms with E-state index in [1.807, 2.05) is 0 Å². The second-order valence-corrected chi connectivity index (χ2v) is 7.57. The summed E-state index contributed by atoms with van der Waals surface area (Å²) in [5.41, 5.74) is -0.464. The third-order valence-corrected chi connectivity index (χ3v) is 5.22. The van der Waals surface area contributed by atoms with Gasteiger partial charge in [-0.25, -0.2) is 0 Å². The Morgan fingerprint density at radius 2 is 1.43 bits per heavy atom. The van der Waals surface area contributed by atoms with Crippen molar-refractivity contribution >= 4 is 23.2 Å². The first-order valence-corrected chi connectivity index (χ1v) is 10.4. The zero-order valence-corrected chi connectivity index (χ0v) is 18.9. The highest BCUT2D eigenvalue weighted by molar-refractivity contribution is 6.19. The van der Waals surface area contributed by atoms with Crippen molar-refractivity contribution in [1.82, 2.24) is 0 Å². The number of alkyl halides is 3.